The monoisotopic (exact) mass is 532 g/mol. The summed E-state index contributed by atoms with van der Waals surface area (Å²) in [5, 5.41) is 13.5. The molecule has 8 nitrogen and oxygen atoms in total. The molecule has 2 aliphatic rings. The van der Waals surface area contributed by atoms with Gasteiger partial charge in [-0.25, -0.2) is 13.4 Å². The number of pyridine rings is 1. The lowest BCUT2D eigenvalue weighted by molar-refractivity contribution is 0.0769. The Morgan fingerprint density at radius 3 is 2.11 bits per heavy atom. The van der Waals surface area contributed by atoms with Gasteiger partial charge in [0.2, 0.25) is 5.09 Å². The van der Waals surface area contributed by atoms with E-state index in [1.165, 1.54) is 0 Å². The minimum absolute atomic E-state index is 0.0577. The second-order valence-electron chi connectivity index (χ2n) is 12.2. The number of nitrogens with one attached hydrogen (secondary N) is 2. The van der Waals surface area contributed by atoms with Crippen LogP contribution >= 0.6 is 0 Å². The highest BCUT2D eigenvalue weighted by Crippen LogP contribution is 2.38. The van der Waals surface area contributed by atoms with E-state index >= 15 is 0 Å². The maximum Gasteiger partial charge on any atom is 0.354 e. The van der Waals surface area contributed by atoms with Crippen LogP contribution in [0.3, 0.4) is 0 Å². The Kier molecular flexibility index (Phi) is 6.81. The van der Waals surface area contributed by atoms with Crippen LogP contribution in [0.5, 0.6) is 0 Å². The van der Waals surface area contributed by atoms with Gasteiger partial charge >= 0.3 is 6.03 Å². The standard InChI is InChI=1S/C26H40N4O4SSi/c1-16-19(26(5,6)32)15-22(34-16)35(33,30-36(7,8)25(2,3)4)29-24(31)28-23-17-11-9-13-20(17)27-21-14-10-12-18(21)23/h15,32H,9-14H2,1-8H3,(H2,27,28,29,30,31,33). The first-order valence-electron chi connectivity index (χ1n) is 12.8. The molecule has 0 bridgehead atoms. The van der Waals surface area contributed by atoms with Gasteiger partial charge in [0, 0.05) is 23.0 Å². The molecule has 2 aromatic rings. The Bertz CT molecular complexity index is 1290. The Morgan fingerprint density at radius 1 is 1.08 bits per heavy atom. The summed E-state index contributed by atoms with van der Waals surface area (Å²) < 4.78 is 28.0. The Morgan fingerprint density at radius 2 is 1.64 bits per heavy atom. The Balaban J connectivity index is 1.80. The smallest absolute Gasteiger partial charge is 0.354 e. The average molecular weight is 533 g/mol. The van der Waals surface area contributed by atoms with Crippen molar-refractivity contribution in [3.8, 4) is 0 Å². The number of aryl methyl sites for hydroxylation is 3. The van der Waals surface area contributed by atoms with Crippen LogP contribution in [-0.2, 0) is 41.2 Å². The van der Waals surface area contributed by atoms with E-state index in [1.54, 1.807) is 26.8 Å². The molecule has 0 aliphatic heterocycles. The van der Waals surface area contributed by atoms with E-state index in [9.17, 15) is 14.1 Å². The third-order valence-electron chi connectivity index (χ3n) is 7.79. The number of nitrogens with zero attached hydrogens (tertiary/aromatic N) is 2. The molecule has 2 amide bonds. The molecule has 0 spiro atoms. The molecular formula is C26H40N4O4SSi. The van der Waals surface area contributed by atoms with E-state index in [0.717, 1.165) is 66.7 Å². The summed E-state index contributed by atoms with van der Waals surface area (Å²) in [5.41, 5.74) is 4.42. The van der Waals surface area contributed by atoms with E-state index in [2.05, 4.69) is 47.9 Å². The summed E-state index contributed by atoms with van der Waals surface area (Å²) in [5.74, 6) is 0.447. The average Bonchev–Trinajstić information content (AvgIpc) is 3.44. The van der Waals surface area contributed by atoms with Crippen molar-refractivity contribution in [3.63, 3.8) is 0 Å². The quantitative estimate of drug-likeness (QED) is 0.424. The number of amides is 2. The third-order valence-corrected chi connectivity index (χ3v) is 15.9. The van der Waals surface area contributed by atoms with E-state index in [4.69, 9.17) is 9.40 Å². The fraction of sp³-hybridized carbons (Fsp3) is 0.615. The fourth-order valence-electron chi connectivity index (χ4n) is 4.80. The van der Waals surface area contributed by atoms with Gasteiger partial charge in [-0.15, -0.1) is 4.36 Å². The van der Waals surface area contributed by atoms with E-state index in [0.29, 0.717) is 11.3 Å². The molecule has 10 heteroatoms. The molecule has 0 radical (unpaired) electrons. The molecule has 0 saturated heterocycles. The van der Waals surface area contributed by atoms with Crippen molar-refractivity contribution in [2.75, 3.05) is 5.32 Å². The first kappa shape index (κ1) is 27.0. The van der Waals surface area contributed by atoms with Crippen LogP contribution in [0.25, 0.3) is 0 Å². The van der Waals surface area contributed by atoms with Crippen LogP contribution in [0.2, 0.25) is 18.1 Å². The summed E-state index contributed by atoms with van der Waals surface area (Å²) in [4.78, 5) is 18.3. The SMILES string of the molecule is Cc1oc(S(=O)(=NC(=O)Nc2c3c(nc4c2CCC4)CCC3)N[Si](C)(C)C(C)(C)C)cc1C(C)(C)O. The van der Waals surface area contributed by atoms with Crippen LogP contribution in [0, 0.1) is 6.92 Å². The van der Waals surface area contributed by atoms with Crippen LogP contribution in [-0.4, -0.2) is 28.6 Å². The van der Waals surface area contributed by atoms with Gasteiger partial charge in [0.1, 0.15) is 14.0 Å². The van der Waals surface area contributed by atoms with Crippen LogP contribution in [0.15, 0.2) is 19.9 Å². The van der Waals surface area contributed by atoms with Crippen molar-refractivity contribution in [2.45, 2.75) is 109 Å². The molecular weight excluding hydrogens is 492 g/mol. The number of carbonyl (C=O) groups is 1. The molecule has 1 unspecified atom stereocenters. The fourth-order valence-corrected chi connectivity index (χ4v) is 10.3. The van der Waals surface area contributed by atoms with Crippen molar-refractivity contribution >= 4 is 29.9 Å². The summed E-state index contributed by atoms with van der Waals surface area (Å²) in [6, 6.07) is 0.899. The summed E-state index contributed by atoms with van der Waals surface area (Å²) in [6.07, 6.45) is 5.60. The van der Waals surface area contributed by atoms with Gasteiger partial charge in [0.15, 0.2) is 9.92 Å². The van der Waals surface area contributed by atoms with Gasteiger partial charge in [-0.2, -0.15) is 0 Å². The minimum atomic E-state index is -3.49. The number of aliphatic hydroxyl groups is 1. The maximum atomic E-state index is 14.5. The number of hydrogen-bond donors (Lipinski definition) is 3. The lowest BCUT2D eigenvalue weighted by Gasteiger charge is -2.37. The van der Waals surface area contributed by atoms with Crippen molar-refractivity contribution in [3.05, 3.63) is 39.9 Å². The number of rotatable bonds is 5. The highest BCUT2D eigenvalue weighted by atomic mass is 32.2. The molecule has 2 aliphatic carbocycles. The van der Waals surface area contributed by atoms with E-state index in [1.807, 2.05) is 0 Å². The molecule has 1 atom stereocenters. The first-order chi connectivity index (χ1) is 16.5. The highest BCUT2D eigenvalue weighted by molar-refractivity contribution is 7.93. The predicted molar refractivity (Wildman–Crippen MR) is 145 cm³/mol. The summed E-state index contributed by atoms with van der Waals surface area (Å²) >= 11 is 0. The predicted octanol–water partition coefficient (Wildman–Crippen LogP) is 5.76. The summed E-state index contributed by atoms with van der Waals surface area (Å²) in [6.45, 7) is 15.4. The van der Waals surface area contributed by atoms with Gasteiger partial charge in [-0.3, -0.25) is 4.98 Å². The molecule has 0 aromatic carbocycles. The second-order valence-corrected chi connectivity index (χ2v) is 19.4. The van der Waals surface area contributed by atoms with Crippen molar-refractivity contribution in [1.82, 2.24) is 9.37 Å². The number of furan rings is 1. The zero-order chi connectivity index (χ0) is 26.7. The van der Waals surface area contributed by atoms with Crippen LogP contribution < -0.4 is 9.70 Å². The molecule has 198 valence electrons. The normalized spacial score (nSPS) is 17.5. The first-order valence-corrected chi connectivity index (χ1v) is 17.3. The molecule has 3 N–H and O–H groups in total. The van der Waals surface area contributed by atoms with Crippen molar-refractivity contribution < 1.29 is 18.5 Å². The number of hydrogen-bond acceptors (Lipinski definition) is 5. The molecule has 36 heavy (non-hydrogen) atoms. The van der Waals surface area contributed by atoms with Gasteiger partial charge in [0.05, 0.1) is 11.3 Å². The van der Waals surface area contributed by atoms with Gasteiger partial charge in [-0.05, 0) is 75.5 Å². The number of urea groups is 1. The molecule has 2 aromatic heterocycles. The Labute approximate surface area is 216 Å². The number of fused-ring (bicyclic) bond motifs is 2. The maximum absolute atomic E-state index is 14.5. The molecule has 0 saturated carbocycles. The van der Waals surface area contributed by atoms with Crippen molar-refractivity contribution in [2.24, 2.45) is 4.36 Å². The third kappa shape index (κ3) is 5.05. The van der Waals surface area contributed by atoms with Crippen LogP contribution in [0.1, 0.15) is 81.3 Å². The van der Waals surface area contributed by atoms with Gasteiger partial charge < -0.3 is 14.8 Å². The lowest BCUT2D eigenvalue weighted by atomic mass is 10.00. The summed E-state index contributed by atoms with van der Waals surface area (Å²) in [7, 11) is -5.89. The second kappa shape index (κ2) is 9.07. The largest absolute Gasteiger partial charge is 0.450 e. The van der Waals surface area contributed by atoms with Crippen LogP contribution in [0.4, 0.5) is 10.5 Å². The number of carbonyl (C=O) groups excluding carboxylic acids is 1. The highest BCUT2D eigenvalue weighted by Gasteiger charge is 2.41. The van der Waals surface area contributed by atoms with Gasteiger partial charge in [0.25, 0.3) is 0 Å². The zero-order valence-corrected chi connectivity index (χ0v) is 24.6. The zero-order valence-electron chi connectivity index (χ0n) is 22.8. The minimum Gasteiger partial charge on any atom is -0.450 e. The van der Waals surface area contributed by atoms with E-state index in [-0.39, 0.29) is 10.1 Å². The Hall–Kier alpha value is -2.01. The molecule has 4 rings (SSSR count). The van der Waals surface area contributed by atoms with Gasteiger partial charge in [-0.1, -0.05) is 33.9 Å². The number of aromatic nitrogens is 1. The topological polar surface area (TPSA) is 117 Å². The lowest BCUT2D eigenvalue weighted by Crippen LogP contribution is -2.54. The van der Waals surface area contributed by atoms with Crippen molar-refractivity contribution in [1.29, 1.82) is 0 Å². The molecule has 2 heterocycles. The number of anilines is 1. The van der Waals surface area contributed by atoms with E-state index < -0.39 is 29.8 Å². The molecule has 0 fully saturated rings.